The number of amides is 2. The molecule has 2 atom stereocenters. The Morgan fingerprint density at radius 2 is 1.70 bits per heavy atom. The molecule has 2 amide bonds. The fourth-order valence-electron chi connectivity index (χ4n) is 4.44. The van der Waals surface area contributed by atoms with Crippen LogP contribution in [0.4, 0.5) is 0 Å². The highest BCUT2D eigenvalue weighted by atomic mass is 35.5. The highest BCUT2D eigenvalue weighted by Crippen LogP contribution is 2.31. The second kappa shape index (κ2) is 12.0. The van der Waals surface area contributed by atoms with Gasteiger partial charge in [-0.15, -0.1) is 0 Å². The lowest BCUT2D eigenvalue weighted by molar-refractivity contribution is -0.142. The number of piperidine rings is 1. The Labute approximate surface area is 230 Å². The van der Waals surface area contributed by atoms with E-state index in [4.69, 9.17) is 34.8 Å². The molecule has 9 heteroatoms. The van der Waals surface area contributed by atoms with Crippen LogP contribution in [0, 0.1) is 5.92 Å². The van der Waals surface area contributed by atoms with Crippen molar-refractivity contribution >= 4 is 52.6 Å². The van der Waals surface area contributed by atoms with Crippen LogP contribution in [0.15, 0.2) is 66.7 Å². The molecule has 3 aromatic carbocycles. The van der Waals surface area contributed by atoms with E-state index in [-0.39, 0.29) is 24.8 Å². The van der Waals surface area contributed by atoms with Crippen LogP contribution in [0.2, 0.25) is 15.1 Å². The number of nitrogens with one attached hydrogen (secondary N) is 1. The summed E-state index contributed by atoms with van der Waals surface area (Å²) in [5.41, 5.74) is 2.83. The lowest BCUT2D eigenvalue weighted by atomic mass is 9.95. The summed E-state index contributed by atoms with van der Waals surface area (Å²) in [5, 5.41) is 14.0. The van der Waals surface area contributed by atoms with E-state index in [1.54, 1.807) is 59.5 Å². The van der Waals surface area contributed by atoms with Crippen molar-refractivity contribution in [3.05, 3.63) is 92.9 Å². The summed E-state index contributed by atoms with van der Waals surface area (Å²) in [5.74, 6) is -2.20. The average Bonchev–Trinajstić information content (AvgIpc) is 2.89. The van der Waals surface area contributed by atoms with Gasteiger partial charge in [-0.25, -0.2) is 4.79 Å². The summed E-state index contributed by atoms with van der Waals surface area (Å²) < 4.78 is 0. The first-order valence-corrected chi connectivity index (χ1v) is 13.0. The van der Waals surface area contributed by atoms with E-state index in [1.165, 1.54) is 0 Å². The van der Waals surface area contributed by atoms with Crippen LogP contribution < -0.4 is 5.32 Å². The second-order valence-corrected chi connectivity index (χ2v) is 10.3. The summed E-state index contributed by atoms with van der Waals surface area (Å²) in [4.78, 5) is 39.5. The normalized spacial score (nSPS) is 16.2. The Morgan fingerprint density at radius 1 is 0.973 bits per heavy atom. The first-order valence-electron chi connectivity index (χ1n) is 11.8. The third-order valence-electron chi connectivity index (χ3n) is 6.40. The monoisotopic (exact) mass is 558 g/mol. The number of nitrogens with zero attached hydrogens (tertiary/aromatic N) is 1. The molecule has 0 radical (unpaired) electrons. The van der Waals surface area contributed by atoms with Gasteiger partial charge in [0.15, 0.2) is 0 Å². The van der Waals surface area contributed by atoms with E-state index in [9.17, 15) is 19.5 Å². The molecule has 2 N–H and O–H groups in total. The number of carbonyl (C=O) groups excluding carboxylic acids is 2. The topological polar surface area (TPSA) is 86.7 Å². The van der Waals surface area contributed by atoms with Crippen LogP contribution >= 0.6 is 34.8 Å². The van der Waals surface area contributed by atoms with E-state index < -0.39 is 17.9 Å². The summed E-state index contributed by atoms with van der Waals surface area (Å²) in [6.45, 7) is 0.749. The number of halogens is 3. The zero-order valence-electron chi connectivity index (χ0n) is 19.8. The third kappa shape index (κ3) is 6.83. The molecule has 0 aromatic heterocycles. The standard InChI is InChI=1S/C28H25Cl3N2O4/c29-21-5-1-3-19(14-21)27(35)33-12-2-4-20(16-33)26(34)32-25(28(36)37)13-17-6-8-18(9-7-17)23-15-22(30)10-11-24(23)31/h1,3,5-11,14-15,20,25H,2,4,12-13,16H2,(H,32,34)(H,36,37)/t20?,25-/m0/s1. The number of carbonyl (C=O) groups is 3. The molecule has 4 rings (SSSR count). The molecular weight excluding hydrogens is 535 g/mol. The van der Waals surface area contributed by atoms with Gasteiger partial charge in [0.2, 0.25) is 5.91 Å². The average molecular weight is 560 g/mol. The highest BCUT2D eigenvalue weighted by Gasteiger charge is 2.31. The number of carboxylic acids is 1. The zero-order valence-corrected chi connectivity index (χ0v) is 22.1. The predicted octanol–water partition coefficient (Wildman–Crippen LogP) is 5.98. The van der Waals surface area contributed by atoms with E-state index in [2.05, 4.69) is 5.32 Å². The Bertz CT molecular complexity index is 1310. The number of aliphatic carboxylic acids is 1. The molecule has 0 spiro atoms. The molecule has 37 heavy (non-hydrogen) atoms. The molecule has 1 heterocycles. The maximum atomic E-state index is 13.0. The minimum atomic E-state index is -1.13. The van der Waals surface area contributed by atoms with Crippen LogP contribution in [0.1, 0.15) is 28.8 Å². The van der Waals surface area contributed by atoms with Crippen LogP contribution in [-0.4, -0.2) is 46.9 Å². The molecule has 1 aliphatic heterocycles. The van der Waals surface area contributed by atoms with Crippen molar-refractivity contribution < 1.29 is 19.5 Å². The first-order chi connectivity index (χ1) is 17.7. The SMILES string of the molecule is O=C(N[C@@H](Cc1ccc(-c2cc(Cl)ccc2Cl)cc1)C(=O)O)C1CCCN(C(=O)c2cccc(Cl)c2)C1. The van der Waals surface area contributed by atoms with Gasteiger partial charge in [-0.1, -0.05) is 65.1 Å². The van der Waals surface area contributed by atoms with Crippen LogP contribution in [0.25, 0.3) is 11.1 Å². The van der Waals surface area contributed by atoms with Gasteiger partial charge in [-0.3, -0.25) is 9.59 Å². The zero-order chi connectivity index (χ0) is 26.5. The van der Waals surface area contributed by atoms with Crippen LogP contribution in [0.3, 0.4) is 0 Å². The minimum absolute atomic E-state index is 0.114. The lowest BCUT2D eigenvalue weighted by Gasteiger charge is -2.32. The minimum Gasteiger partial charge on any atom is -0.480 e. The number of likely N-dealkylation sites (tertiary alicyclic amines) is 1. The molecule has 0 aliphatic carbocycles. The van der Waals surface area contributed by atoms with Gasteiger partial charge in [-0.05, 0) is 60.4 Å². The van der Waals surface area contributed by atoms with Crippen molar-refractivity contribution in [2.24, 2.45) is 5.92 Å². The largest absolute Gasteiger partial charge is 0.480 e. The third-order valence-corrected chi connectivity index (χ3v) is 7.20. The summed E-state index contributed by atoms with van der Waals surface area (Å²) in [6, 6.07) is 18.1. The molecular formula is C28H25Cl3N2O4. The van der Waals surface area contributed by atoms with E-state index in [0.717, 1.165) is 16.7 Å². The fraction of sp³-hybridized carbons (Fsp3) is 0.250. The van der Waals surface area contributed by atoms with Crippen molar-refractivity contribution in [2.45, 2.75) is 25.3 Å². The van der Waals surface area contributed by atoms with Crippen molar-refractivity contribution in [1.29, 1.82) is 0 Å². The Hall–Kier alpha value is -3.06. The maximum Gasteiger partial charge on any atom is 0.326 e. The molecule has 0 saturated carbocycles. The molecule has 1 aliphatic rings. The van der Waals surface area contributed by atoms with Gasteiger partial charge in [0.05, 0.1) is 5.92 Å². The first kappa shape index (κ1) is 27.0. The van der Waals surface area contributed by atoms with Gasteiger partial charge >= 0.3 is 5.97 Å². The summed E-state index contributed by atoms with van der Waals surface area (Å²) in [6.07, 6.45) is 1.34. The molecule has 6 nitrogen and oxygen atoms in total. The second-order valence-electron chi connectivity index (χ2n) is 9.03. The Kier molecular flexibility index (Phi) is 8.75. The molecule has 1 saturated heterocycles. The van der Waals surface area contributed by atoms with Crippen LogP contribution in [-0.2, 0) is 16.0 Å². The van der Waals surface area contributed by atoms with Gasteiger partial charge in [0, 0.05) is 45.7 Å². The van der Waals surface area contributed by atoms with Crippen molar-refractivity contribution in [3.8, 4) is 11.1 Å². The Balaban J connectivity index is 1.40. The maximum absolute atomic E-state index is 13.0. The Morgan fingerprint density at radius 3 is 2.41 bits per heavy atom. The number of hydrogen-bond donors (Lipinski definition) is 2. The van der Waals surface area contributed by atoms with Crippen molar-refractivity contribution in [2.75, 3.05) is 13.1 Å². The van der Waals surface area contributed by atoms with Crippen LogP contribution in [0.5, 0.6) is 0 Å². The number of hydrogen-bond acceptors (Lipinski definition) is 3. The highest BCUT2D eigenvalue weighted by molar-refractivity contribution is 6.35. The van der Waals surface area contributed by atoms with Gasteiger partial charge in [0.25, 0.3) is 5.91 Å². The smallest absolute Gasteiger partial charge is 0.326 e. The van der Waals surface area contributed by atoms with E-state index >= 15 is 0 Å². The van der Waals surface area contributed by atoms with E-state index in [0.29, 0.717) is 40.0 Å². The molecule has 192 valence electrons. The number of benzene rings is 3. The number of carboxylic acid groups (broad SMARTS) is 1. The molecule has 1 unspecified atom stereocenters. The van der Waals surface area contributed by atoms with Gasteiger partial charge < -0.3 is 15.3 Å². The van der Waals surface area contributed by atoms with Gasteiger partial charge in [0.1, 0.15) is 6.04 Å². The molecule has 3 aromatic rings. The van der Waals surface area contributed by atoms with Crippen molar-refractivity contribution in [1.82, 2.24) is 10.2 Å². The molecule has 1 fully saturated rings. The van der Waals surface area contributed by atoms with Crippen molar-refractivity contribution in [3.63, 3.8) is 0 Å². The summed E-state index contributed by atoms with van der Waals surface area (Å²) in [7, 11) is 0. The quantitative estimate of drug-likeness (QED) is 0.373. The van der Waals surface area contributed by atoms with Gasteiger partial charge in [-0.2, -0.15) is 0 Å². The van der Waals surface area contributed by atoms with E-state index in [1.807, 2.05) is 12.1 Å². The molecule has 0 bridgehead atoms. The summed E-state index contributed by atoms with van der Waals surface area (Å²) >= 11 is 18.4. The number of rotatable bonds is 7. The fourth-order valence-corrected chi connectivity index (χ4v) is 5.03. The predicted molar refractivity (Wildman–Crippen MR) is 145 cm³/mol. The lowest BCUT2D eigenvalue weighted by Crippen LogP contribution is -2.50.